The summed E-state index contributed by atoms with van der Waals surface area (Å²) in [4.78, 5) is 7.02. The van der Waals surface area contributed by atoms with Gasteiger partial charge < -0.3 is 4.90 Å². The van der Waals surface area contributed by atoms with Gasteiger partial charge in [-0.25, -0.2) is 0 Å². The van der Waals surface area contributed by atoms with Gasteiger partial charge in [0.1, 0.15) is 0 Å². The molecule has 0 fully saturated rings. The van der Waals surface area contributed by atoms with Crippen LogP contribution in [0.1, 0.15) is 49.8 Å². The van der Waals surface area contributed by atoms with Gasteiger partial charge >= 0.3 is 0 Å². The van der Waals surface area contributed by atoms with E-state index < -0.39 is 0 Å². The summed E-state index contributed by atoms with van der Waals surface area (Å²) in [6.07, 6.45) is 3.10. The van der Waals surface area contributed by atoms with Crippen LogP contribution in [-0.2, 0) is 0 Å². The van der Waals surface area contributed by atoms with Crippen LogP contribution < -0.4 is 4.90 Å². The van der Waals surface area contributed by atoms with E-state index in [-0.39, 0.29) is 5.54 Å². The molecule has 3 rings (SSSR count). The van der Waals surface area contributed by atoms with Crippen LogP contribution in [0.15, 0.2) is 39.8 Å². The average Bonchev–Trinajstić information content (AvgIpc) is 2.54. The van der Waals surface area contributed by atoms with Gasteiger partial charge in [-0.05, 0) is 96.1 Å². The molecule has 0 radical (unpaired) electrons. The van der Waals surface area contributed by atoms with Crippen molar-refractivity contribution in [3.63, 3.8) is 0 Å². The van der Waals surface area contributed by atoms with Gasteiger partial charge in [-0.1, -0.05) is 18.5 Å². The van der Waals surface area contributed by atoms with Crippen molar-refractivity contribution in [2.45, 2.75) is 45.6 Å². The summed E-state index contributed by atoms with van der Waals surface area (Å²) in [5, 5.41) is 0.675. The van der Waals surface area contributed by atoms with Gasteiger partial charge in [0.25, 0.3) is 0 Å². The van der Waals surface area contributed by atoms with Crippen LogP contribution in [0, 0.1) is 6.92 Å². The van der Waals surface area contributed by atoms with Gasteiger partial charge in [-0.2, -0.15) is 0 Å². The zero-order valence-corrected chi connectivity index (χ0v) is 17.7. The third-order valence-corrected chi connectivity index (χ3v) is 6.51. The van der Waals surface area contributed by atoms with Crippen molar-refractivity contribution >= 4 is 45.1 Å². The number of hydrogen-bond acceptors (Lipinski definition) is 2. The first kappa shape index (κ1) is 18.5. The van der Waals surface area contributed by atoms with Crippen LogP contribution in [0.3, 0.4) is 0 Å². The highest BCUT2D eigenvalue weighted by molar-refractivity contribution is 9.10. The average molecular weight is 420 g/mol. The fraction of sp³-hybridized carbons (Fsp3) is 0.381. The highest BCUT2D eigenvalue weighted by Gasteiger charge is 2.34. The van der Waals surface area contributed by atoms with Gasteiger partial charge in [0.2, 0.25) is 0 Å². The second-order valence-corrected chi connectivity index (χ2v) is 8.86. The van der Waals surface area contributed by atoms with E-state index in [2.05, 4.69) is 72.7 Å². The Morgan fingerprint density at radius 1 is 1.28 bits per heavy atom. The summed E-state index contributed by atoms with van der Waals surface area (Å²) in [6.45, 7) is 9.09. The Bertz CT molecular complexity index is 842. The molecule has 2 nitrogen and oxygen atoms in total. The predicted molar refractivity (Wildman–Crippen MR) is 113 cm³/mol. The van der Waals surface area contributed by atoms with Crippen LogP contribution in [0.4, 0.5) is 11.4 Å². The minimum atomic E-state index is 0.183. The molecule has 0 N–H and O–H groups in total. The van der Waals surface area contributed by atoms with Crippen LogP contribution in [0.5, 0.6) is 0 Å². The van der Waals surface area contributed by atoms with E-state index in [1.165, 1.54) is 16.8 Å². The fourth-order valence-corrected chi connectivity index (χ4v) is 4.00. The molecule has 0 saturated heterocycles. The van der Waals surface area contributed by atoms with E-state index in [0.29, 0.717) is 10.9 Å². The summed E-state index contributed by atoms with van der Waals surface area (Å²) in [5.74, 6) is 0.538. The Morgan fingerprint density at radius 2 is 2.00 bits per heavy atom. The molecule has 0 aromatic heterocycles. The minimum Gasteiger partial charge on any atom is -0.369 e. The lowest BCUT2D eigenvalue weighted by Gasteiger charge is -2.45. The zero-order chi connectivity index (χ0) is 18.4. The van der Waals surface area contributed by atoms with Crippen molar-refractivity contribution < 1.29 is 0 Å². The summed E-state index contributed by atoms with van der Waals surface area (Å²) >= 11 is 9.57. The lowest BCUT2D eigenvalue weighted by Crippen LogP contribution is -2.45. The van der Waals surface area contributed by atoms with Crippen molar-refractivity contribution in [2.75, 3.05) is 11.9 Å². The summed E-state index contributed by atoms with van der Waals surface area (Å²) in [6, 6.07) is 10.3. The Labute approximate surface area is 164 Å². The van der Waals surface area contributed by atoms with Crippen LogP contribution in [-0.4, -0.2) is 18.8 Å². The molecule has 1 unspecified atom stereocenters. The second-order valence-electron chi connectivity index (χ2n) is 7.60. The normalized spacial score (nSPS) is 19.3. The molecule has 25 heavy (non-hydrogen) atoms. The Balaban J connectivity index is 1.98. The summed E-state index contributed by atoms with van der Waals surface area (Å²) in [7, 11) is 2.20. The number of halogens is 2. The first-order valence-electron chi connectivity index (χ1n) is 8.56. The number of hydrogen-bond donors (Lipinski definition) is 0. The molecule has 0 saturated carbocycles. The van der Waals surface area contributed by atoms with E-state index in [1.807, 2.05) is 24.4 Å². The van der Waals surface area contributed by atoms with E-state index >= 15 is 0 Å². The first-order valence-corrected chi connectivity index (χ1v) is 9.73. The maximum Gasteiger partial charge on any atom is 0.0645 e. The van der Waals surface area contributed by atoms with Crippen LogP contribution >= 0.6 is 27.5 Å². The molecule has 2 aromatic rings. The molecule has 2 aromatic carbocycles. The number of rotatable bonds is 2. The van der Waals surface area contributed by atoms with Gasteiger partial charge in [0, 0.05) is 29.0 Å². The van der Waals surface area contributed by atoms with Crippen LogP contribution in [0.2, 0.25) is 5.02 Å². The minimum absolute atomic E-state index is 0.183. The van der Waals surface area contributed by atoms with E-state index in [4.69, 9.17) is 11.6 Å². The lowest BCUT2D eigenvalue weighted by atomic mass is 9.79. The van der Waals surface area contributed by atoms with E-state index in [0.717, 1.165) is 22.1 Å². The first-order chi connectivity index (χ1) is 11.7. The summed E-state index contributed by atoms with van der Waals surface area (Å²) < 4.78 is 0.887. The van der Waals surface area contributed by atoms with Gasteiger partial charge in [-0.3, -0.25) is 4.99 Å². The second kappa shape index (κ2) is 6.77. The molecule has 132 valence electrons. The standard InChI is InChI=1S/C21H24BrClN2/c1-13-8-20-17(14(2)11-21(3,4)25(20)5)9-15(13)12-24-16-6-7-18(22)19(23)10-16/h6-10,12,14H,11H2,1-5H3. The molecule has 4 heteroatoms. The van der Waals surface area contributed by atoms with Crippen molar-refractivity contribution in [2.24, 2.45) is 4.99 Å². The number of anilines is 1. The molecule has 1 aliphatic heterocycles. The van der Waals surface area contributed by atoms with Crippen LogP contribution in [0.25, 0.3) is 0 Å². The topological polar surface area (TPSA) is 15.6 Å². The monoisotopic (exact) mass is 418 g/mol. The highest BCUT2D eigenvalue weighted by Crippen LogP contribution is 2.43. The summed E-state index contributed by atoms with van der Waals surface area (Å²) in [5.41, 5.74) is 6.19. The zero-order valence-electron chi connectivity index (χ0n) is 15.4. The van der Waals surface area contributed by atoms with Gasteiger partial charge in [-0.15, -0.1) is 0 Å². The van der Waals surface area contributed by atoms with Gasteiger partial charge in [0.05, 0.1) is 10.7 Å². The Morgan fingerprint density at radius 3 is 2.68 bits per heavy atom. The Kier molecular flexibility index (Phi) is 5.00. The highest BCUT2D eigenvalue weighted by atomic mass is 79.9. The third kappa shape index (κ3) is 3.63. The van der Waals surface area contributed by atoms with E-state index in [9.17, 15) is 0 Å². The van der Waals surface area contributed by atoms with Crippen molar-refractivity contribution in [1.29, 1.82) is 0 Å². The lowest BCUT2D eigenvalue weighted by molar-refractivity contribution is 0.395. The molecule has 0 aliphatic carbocycles. The van der Waals surface area contributed by atoms with E-state index in [1.54, 1.807) is 0 Å². The molecule has 1 aliphatic rings. The number of nitrogens with zero attached hydrogens (tertiary/aromatic N) is 2. The molecular weight excluding hydrogens is 396 g/mol. The SMILES string of the molecule is Cc1cc2c(cc1C=Nc1ccc(Br)c(Cl)c1)C(C)CC(C)(C)N2C. The number of aliphatic imine (C=N–C) groups is 1. The van der Waals surface area contributed by atoms with Crippen molar-refractivity contribution in [3.05, 3.63) is 56.5 Å². The number of aryl methyl sites for hydroxylation is 1. The van der Waals surface area contributed by atoms with Crippen molar-refractivity contribution in [3.8, 4) is 0 Å². The van der Waals surface area contributed by atoms with Gasteiger partial charge in [0.15, 0.2) is 0 Å². The number of benzene rings is 2. The molecule has 1 atom stereocenters. The third-order valence-electron chi connectivity index (χ3n) is 5.28. The number of fused-ring (bicyclic) bond motifs is 1. The molecule has 0 bridgehead atoms. The maximum absolute atomic E-state index is 6.16. The molecule has 0 spiro atoms. The maximum atomic E-state index is 6.16. The smallest absolute Gasteiger partial charge is 0.0645 e. The largest absolute Gasteiger partial charge is 0.369 e. The fourth-order valence-electron chi connectivity index (χ4n) is 3.58. The molecular formula is C21H24BrClN2. The van der Waals surface area contributed by atoms with Crippen molar-refractivity contribution in [1.82, 2.24) is 0 Å². The predicted octanol–water partition coefficient (Wildman–Crippen LogP) is 6.88. The Hall–Kier alpha value is -1.32. The molecule has 0 amide bonds. The molecule has 1 heterocycles. The quantitative estimate of drug-likeness (QED) is 0.484.